The summed E-state index contributed by atoms with van der Waals surface area (Å²) in [4.78, 5) is 13.3. The average Bonchev–Trinajstić information content (AvgIpc) is 1.29. The Morgan fingerprint density at radius 3 is 1.09 bits per heavy atom. The van der Waals surface area contributed by atoms with Gasteiger partial charge in [-0.3, -0.25) is 4.79 Å². The summed E-state index contributed by atoms with van der Waals surface area (Å²) in [5.41, 5.74) is 0. The number of allylic oxidation sites excluding steroid dienone is 3. The molecule has 14 nitrogen and oxygen atoms in total. The van der Waals surface area contributed by atoms with Crippen molar-refractivity contribution in [3.8, 4) is 0 Å². The second-order valence-electron chi connectivity index (χ2n) is 27.5. The molecular weight excluding hydrogens is 1130 g/mol. The van der Waals surface area contributed by atoms with Crippen LogP contribution in [0.1, 0.15) is 361 Å². The van der Waals surface area contributed by atoms with Gasteiger partial charge >= 0.3 is 0 Å². The summed E-state index contributed by atoms with van der Waals surface area (Å²) in [5, 5.41) is 87.5. The van der Waals surface area contributed by atoms with Gasteiger partial charge < -0.3 is 65.1 Å². The molecular formula is C76H145NO13. The predicted molar refractivity (Wildman–Crippen MR) is 369 cm³/mol. The molecule has 532 valence electrons. The van der Waals surface area contributed by atoms with Gasteiger partial charge in [0.1, 0.15) is 48.8 Å². The Balaban J connectivity index is 1.64. The van der Waals surface area contributed by atoms with Gasteiger partial charge in [0.15, 0.2) is 12.6 Å². The van der Waals surface area contributed by atoms with E-state index in [0.29, 0.717) is 12.8 Å². The molecule has 12 unspecified atom stereocenters. The zero-order chi connectivity index (χ0) is 65.2. The highest BCUT2D eigenvalue weighted by atomic mass is 16.7. The first-order chi connectivity index (χ1) is 44.1. The lowest BCUT2D eigenvalue weighted by molar-refractivity contribution is -0.359. The number of ether oxygens (including phenoxy) is 4. The lowest BCUT2D eigenvalue weighted by Crippen LogP contribution is -2.65. The van der Waals surface area contributed by atoms with Crippen LogP contribution in [-0.2, 0) is 23.7 Å². The molecule has 14 heteroatoms. The van der Waals surface area contributed by atoms with Crippen LogP contribution in [0.5, 0.6) is 0 Å². The van der Waals surface area contributed by atoms with Crippen molar-refractivity contribution in [2.75, 3.05) is 19.8 Å². The Labute approximate surface area is 551 Å². The smallest absolute Gasteiger partial charge is 0.220 e. The van der Waals surface area contributed by atoms with Gasteiger partial charge in [-0.2, -0.15) is 0 Å². The van der Waals surface area contributed by atoms with Crippen molar-refractivity contribution in [2.45, 2.75) is 434 Å². The largest absolute Gasteiger partial charge is 0.394 e. The minimum Gasteiger partial charge on any atom is -0.394 e. The minimum absolute atomic E-state index is 0.241. The van der Waals surface area contributed by atoms with Crippen LogP contribution in [-0.4, -0.2) is 140 Å². The number of carbonyl (C=O) groups excluding carboxylic acids is 1. The van der Waals surface area contributed by atoms with Crippen LogP contribution >= 0.6 is 0 Å². The summed E-state index contributed by atoms with van der Waals surface area (Å²) in [6, 6.07) is -0.930. The molecule has 9 N–H and O–H groups in total. The summed E-state index contributed by atoms with van der Waals surface area (Å²) in [6.45, 7) is 2.85. The van der Waals surface area contributed by atoms with Gasteiger partial charge in [-0.05, 0) is 32.1 Å². The van der Waals surface area contributed by atoms with E-state index in [2.05, 4.69) is 31.3 Å². The molecule has 2 saturated heterocycles. The summed E-state index contributed by atoms with van der Waals surface area (Å²) in [6.07, 6.45) is 61.2. The van der Waals surface area contributed by atoms with E-state index in [1.807, 2.05) is 6.08 Å². The fourth-order valence-corrected chi connectivity index (χ4v) is 13.0. The highest BCUT2D eigenvalue weighted by molar-refractivity contribution is 5.76. The van der Waals surface area contributed by atoms with Crippen molar-refractivity contribution >= 4 is 5.91 Å². The molecule has 2 heterocycles. The topological polar surface area (TPSA) is 228 Å². The van der Waals surface area contributed by atoms with Crippen LogP contribution in [0.4, 0.5) is 0 Å². The van der Waals surface area contributed by atoms with Gasteiger partial charge in [-0.15, -0.1) is 0 Å². The number of carbonyl (C=O) groups is 1. The molecule has 0 saturated carbocycles. The molecule has 0 aromatic carbocycles. The molecule has 0 radical (unpaired) electrons. The van der Waals surface area contributed by atoms with E-state index < -0.39 is 86.8 Å². The van der Waals surface area contributed by atoms with Crippen LogP contribution in [0.15, 0.2) is 24.3 Å². The zero-order valence-electron chi connectivity index (χ0n) is 58.2. The standard InChI is InChI=1S/C76H145NO13/c1-3-5-7-9-11-13-15-17-19-21-23-25-27-28-29-30-31-32-33-34-35-36-38-39-41-43-45-47-49-51-53-55-57-59-65(80)64(63-87-75-73(86)71(84)74(67(62-79)89-75)90-76-72(85)70(83)69(82)66(61-78)88-76)77-68(81)60-58-56-54-52-50-48-46-44-42-40-37-26-24-22-20-18-16-14-12-10-8-6-4-2/h49,51,57,59,64-67,69-76,78-80,82-86H,3-48,50,52-56,58,60-63H2,1-2H3,(H,77,81)/b51-49+,59-57+. The van der Waals surface area contributed by atoms with E-state index in [9.17, 15) is 45.6 Å². The maximum atomic E-state index is 13.3. The van der Waals surface area contributed by atoms with E-state index in [0.717, 1.165) is 32.1 Å². The highest BCUT2D eigenvalue weighted by Gasteiger charge is 2.51. The Bertz CT molecular complexity index is 1600. The van der Waals surface area contributed by atoms with Gasteiger partial charge in [0.2, 0.25) is 5.91 Å². The molecule has 2 rings (SSSR count). The van der Waals surface area contributed by atoms with Crippen LogP contribution < -0.4 is 5.32 Å². The molecule has 0 aromatic heterocycles. The third-order valence-corrected chi connectivity index (χ3v) is 19.1. The Hall–Kier alpha value is -1.53. The van der Waals surface area contributed by atoms with Gasteiger partial charge in [-0.1, -0.05) is 346 Å². The molecule has 0 spiro atoms. The first kappa shape index (κ1) is 84.6. The van der Waals surface area contributed by atoms with Crippen LogP contribution in [0.2, 0.25) is 0 Å². The summed E-state index contributed by atoms with van der Waals surface area (Å²) >= 11 is 0. The van der Waals surface area contributed by atoms with Crippen molar-refractivity contribution in [1.29, 1.82) is 0 Å². The first-order valence-electron chi connectivity index (χ1n) is 38.6. The van der Waals surface area contributed by atoms with Crippen LogP contribution in [0.3, 0.4) is 0 Å². The monoisotopic (exact) mass is 1280 g/mol. The summed E-state index contributed by atoms with van der Waals surface area (Å²) < 4.78 is 22.9. The number of nitrogens with one attached hydrogen (secondary N) is 1. The number of rotatable bonds is 65. The zero-order valence-corrected chi connectivity index (χ0v) is 58.2. The fraction of sp³-hybridized carbons (Fsp3) is 0.934. The van der Waals surface area contributed by atoms with Gasteiger partial charge in [0.05, 0.1) is 32.0 Å². The van der Waals surface area contributed by atoms with E-state index in [-0.39, 0.29) is 18.9 Å². The maximum Gasteiger partial charge on any atom is 0.220 e. The molecule has 1 amide bonds. The lowest BCUT2D eigenvalue weighted by atomic mass is 9.97. The van der Waals surface area contributed by atoms with E-state index in [4.69, 9.17) is 18.9 Å². The first-order valence-corrected chi connectivity index (χ1v) is 38.6. The van der Waals surface area contributed by atoms with Crippen molar-refractivity contribution in [3.05, 3.63) is 24.3 Å². The average molecular weight is 1280 g/mol. The predicted octanol–water partition coefficient (Wildman–Crippen LogP) is 16.7. The highest BCUT2D eigenvalue weighted by Crippen LogP contribution is 2.30. The van der Waals surface area contributed by atoms with Crippen LogP contribution in [0.25, 0.3) is 0 Å². The van der Waals surface area contributed by atoms with E-state index in [1.165, 1.54) is 295 Å². The molecule has 2 fully saturated rings. The second kappa shape index (κ2) is 61.1. The summed E-state index contributed by atoms with van der Waals surface area (Å²) in [7, 11) is 0. The van der Waals surface area contributed by atoms with E-state index >= 15 is 0 Å². The Morgan fingerprint density at radius 2 is 0.711 bits per heavy atom. The number of hydrogen-bond acceptors (Lipinski definition) is 13. The molecule has 0 aliphatic carbocycles. The normalized spacial score (nSPS) is 23.0. The molecule has 12 atom stereocenters. The molecule has 0 aromatic rings. The Morgan fingerprint density at radius 1 is 0.389 bits per heavy atom. The lowest BCUT2D eigenvalue weighted by Gasteiger charge is -2.46. The third kappa shape index (κ3) is 44.3. The SMILES string of the molecule is CCCCCCCCCCCCCCCCCCCCCCCCCCCCC/C=C/CC/C=C/C(O)C(COC1OC(CO)C(OC2OC(CO)C(O)C(O)C2O)C(O)C1O)NC(=O)CCCCCCCCCCCCCCCCCCCCCCCCC. The number of hydrogen-bond donors (Lipinski definition) is 9. The molecule has 2 aliphatic heterocycles. The van der Waals surface area contributed by atoms with Crippen molar-refractivity contribution in [3.63, 3.8) is 0 Å². The maximum absolute atomic E-state index is 13.3. The van der Waals surface area contributed by atoms with Crippen molar-refractivity contribution in [1.82, 2.24) is 5.32 Å². The minimum atomic E-state index is -1.79. The van der Waals surface area contributed by atoms with Gasteiger partial charge in [0.25, 0.3) is 0 Å². The second-order valence-corrected chi connectivity index (χ2v) is 27.5. The number of aliphatic hydroxyl groups is 8. The van der Waals surface area contributed by atoms with Crippen molar-refractivity contribution < 1.29 is 64.6 Å². The molecule has 0 bridgehead atoms. The van der Waals surface area contributed by atoms with Crippen molar-refractivity contribution in [2.24, 2.45) is 0 Å². The molecule has 2 aliphatic rings. The summed E-state index contributed by atoms with van der Waals surface area (Å²) in [5.74, 6) is -0.241. The Kier molecular flexibility index (Phi) is 57.4. The third-order valence-electron chi connectivity index (χ3n) is 19.1. The van der Waals surface area contributed by atoms with Gasteiger partial charge in [-0.25, -0.2) is 0 Å². The van der Waals surface area contributed by atoms with Gasteiger partial charge in [0, 0.05) is 6.42 Å². The number of aliphatic hydroxyl groups excluding tert-OH is 8. The number of unbranched alkanes of at least 4 members (excludes halogenated alkanes) is 50. The van der Waals surface area contributed by atoms with Crippen LogP contribution in [0, 0.1) is 0 Å². The number of amides is 1. The quantitative estimate of drug-likeness (QED) is 0.0204. The van der Waals surface area contributed by atoms with E-state index in [1.54, 1.807) is 6.08 Å². The molecule has 90 heavy (non-hydrogen) atoms. The fourth-order valence-electron chi connectivity index (χ4n) is 13.0.